The number of aromatic nitrogens is 3. The van der Waals surface area contributed by atoms with Crippen LogP contribution < -0.4 is 5.32 Å². The molecule has 5 nitrogen and oxygen atoms in total. The Bertz CT molecular complexity index is 846. The summed E-state index contributed by atoms with van der Waals surface area (Å²) >= 11 is 5.96. The minimum Gasteiger partial charge on any atom is -0.467 e. The molecule has 0 aliphatic carbocycles. The first-order valence-corrected chi connectivity index (χ1v) is 7.98. The summed E-state index contributed by atoms with van der Waals surface area (Å²) in [5, 5.41) is 7.07. The van der Waals surface area contributed by atoms with Crippen LogP contribution in [0.2, 0.25) is 5.28 Å². The maximum absolute atomic E-state index is 14.9. The molecule has 128 valence electrons. The minimum absolute atomic E-state index is 0.00652. The van der Waals surface area contributed by atoms with Crippen LogP contribution in [0, 0.1) is 12.7 Å². The van der Waals surface area contributed by atoms with Crippen LogP contribution in [-0.4, -0.2) is 20.8 Å². The quantitative estimate of drug-likeness (QED) is 0.716. The highest BCUT2D eigenvalue weighted by Crippen LogP contribution is 2.28. The van der Waals surface area contributed by atoms with Gasteiger partial charge in [0.1, 0.15) is 11.3 Å². The highest BCUT2D eigenvalue weighted by atomic mass is 35.5. The molecular weight excluding hydrogens is 338 g/mol. The Labute approximate surface area is 142 Å². The second kappa shape index (κ2) is 6.76. The fourth-order valence-electron chi connectivity index (χ4n) is 2.61. The van der Waals surface area contributed by atoms with Crippen molar-refractivity contribution in [2.75, 3.05) is 5.32 Å². The zero-order chi connectivity index (χ0) is 17.3. The third-order valence-corrected chi connectivity index (χ3v) is 4.01. The summed E-state index contributed by atoms with van der Waals surface area (Å²) in [5.41, 5.74) is 1.22. The number of hydrogen-bond acceptors (Lipinski definition) is 4. The van der Waals surface area contributed by atoms with Crippen molar-refractivity contribution in [3.05, 3.63) is 46.5 Å². The molecule has 1 atom stereocenters. The number of anilines is 1. The summed E-state index contributed by atoms with van der Waals surface area (Å²) in [7, 11) is 0. The van der Waals surface area contributed by atoms with Gasteiger partial charge in [-0.15, -0.1) is 5.10 Å². The zero-order valence-corrected chi connectivity index (χ0v) is 14.1. The van der Waals surface area contributed by atoms with Gasteiger partial charge in [0.2, 0.25) is 5.28 Å². The highest BCUT2D eigenvalue weighted by Gasteiger charge is 2.21. The number of hydrogen-bond donors (Lipinski definition) is 1. The molecular formula is C16H17ClF2N4O. The summed E-state index contributed by atoms with van der Waals surface area (Å²) < 4.78 is 34.6. The maximum atomic E-state index is 14.9. The first-order valence-electron chi connectivity index (χ1n) is 7.61. The van der Waals surface area contributed by atoms with Gasteiger partial charge in [0.15, 0.2) is 11.6 Å². The predicted molar refractivity (Wildman–Crippen MR) is 87.6 cm³/mol. The smallest absolute Gasteiger partial charge is 0.243 e. The van der Waals surface area contributed by atoms with Gasteiger partial charge < -0.3 is 9.73 Å². The summed E-state index contributed by atoms with van der Waals surface area (Å²) in [6.45, 7) is 3.51. The van der Waals surface area contributed by atoms with Crippen LogP contribution in [0.1, 0.15) is 30.4 Å². The third kappa shape index (κ3) is 3.21. The zero-order valence-electron chi connectivity index (χ0n) is 13.3. The van der Waals surface area contributed by atoms with Crippen molar-refractivity contribution >= 4 is 22.9 Å². The first kappa shape index (κ1) is 16.7. The van der Waals surface area contributed by atoms with Crippen molar-refractivity contribution < 1.29 is 13.2 Å². The van der Waals surface area contributed by atoms with Crippen molar-refractivity contribution in [1.82, 2.24) is 14.6 Å². The van der Waals surface area contributed by atoms with Crippen LogP contribution in [0.25, 0.3) is 5.52 Å². The predicted octanol–water partition coefficient (Wildman–Crippen LogP) is 4.33. The molecule has 0 aromatic carbocycles. The first-order chi connectivity index (χ1) is 11.5. The number of halogens is 3. The Morgan fingerprint density at radius 3 is 2.92 bits per heavy atom. The van der Waals surface area contributed by atoms with Gasteiger partial charge in [-0.3, -0.25) is 0 Å². The van der Waals surface area contributed by atoms with Gasteiger partial charge in [0.25, 0.3) is 0 Å². The standard InChI is InChI=1S/C16H17ClF2N4O/c1-9(18)5-6-12-10(2)23-14(13(12)19)15(21-16(17)22-23)20-8-11-4-3-7-24-11/h3-4,7,9H,5-6,8H2,1-2H3,(H,20,21,22). The molecule has 0 aliphatic rings. The number of furan rings is 1. The van der Waals surface area contributed by atoms with E-state index < -0.39 is 12.0 Å². The average Bonchev–Trinajstić information content (AvgIpc) is 3.12. The molecule has 0 amide bonds. The van der Waals surface area contributed by atoms with E-state index in [1.165, 1.54) is 11.4 Å². The van der Waals surface area contributed by atoms with E-state index in [4.69, 9.17) is 16.0 Å². The molecule has 1 unspecified atom stereocenters. The van der Waals surface area contributed by atoms with Crippen LogP contribution in [0.3, 0.4) is 0 Å². The second-order valence-corrected chi connectivity index (χ2v) is 5.96. The summed E-state index contributed by atoms with van der Waals surface area (Å²) in [6, 6.07) is 3.55. The van der Waals surface area contributed by atoms with Crippen LogP contribution in [0.5, 0.6) is 0 Å². The SMILES string of the molecule is Cc1c(CCC(C)F)c(F)c2c(NCc3ccco3)nc(Cl)nn12. The Hall–Kier alpha value is -2.15. The van der Waals surface area contributed by atoms with Crippen LogP contribution >= 0.6 is 11.6 Å². The summed E-state index contributed by atoms with van der Waals surface area (Å²) in [5.74, 6) is 0.497. The molecule has 1 N–H and O–H groups in total. The van der Waals surface area contributed by atoms with Gasteiger partial charge in [-0.1, -0.05) is 0 Å². The number of aryl methyl sites for hydroxylation is 1. The van der Waals surface area contributed by atoms with E-state index in [9.17, 15) is 8.78 Å². The number of fused-ring (bicyclic) bond motifs is 1. The molecule has 0 bridgehead atoms. The fraction of sp³-hybridized carbons (Fsp3) is 0.375. The van der Waals surface area contributed by atoms with E-state index in [2.05, 4.69) is 15.4 Å². The number of nitrogens with one attached hydrogen (secondary N) is 1. The van der Waals surface area contributed by atoms with Crippen molar-refractivity contribution in [1.29, 1.82) is 0 Å². The van der Waals surface area contributed by atoms with Gasteiger partial charge in [0, 0.05) is 11.3 Å². The maximum Gasteiger partial charge on any atom is 0.243 e. The Kier molecular flexibility index (Phi) is 4.71. The van der Waals surface area contributed by atoms with Crippen LogP contribution in [0.15, 0.2) is 22.8 Å². The monoisotopic (exact) mass is 354 g/mol. The molecule has 0 fully saturated rings. The number of nitrogens with zero attached hydrogens (tertiary/aromatic N) is 3. The van der Waals surface area contributed by atoms with Gasteiger partial charge in [0.05, 0.1) is 19.0 Å². The average molecular weight is 355 g/mol. The Morgan fingerprint density at radius 1 is 1.46 bits per heavy atom. The van der Waals surface area contributed by atoms with E-state index in [-0.39, 0.29) is 29.5 Å². The minimum atomic E-state index is -1.00. The molecule has 0 spiro atoms. The lowest BCUT2D eigenvalue weighted by Crippen LogP contribution is -2.06. The third-order valence-electron chi connectivity index (χ3n) is 3.85. The molecule has 3 rings (SSSR count). The van der Waals surface area contributed by atoms with Crippen molar-refractivity contribution in [3.8, 4) is 0 Å². The van der Waals surface area contributed by atoms with E-state index in [1.807, 2.05) is 0 Å². The van der Waals surface area contributed by atoms with Gasteiger partial charge >= 0.3 is 0 Å². The topological polar surface area (TPSA) is 55.4 Å². The summed E-state index contributed by atoms with van der Waals surface area (Å²) in [4.78, 5) is 4.08. The van der Waals surface area contributed by atoms with E-state index in [1.54, 1.807) is 25.3 Å². The molecule has 3 heterocycles. The summed E-state index contributed by atoms with van der Waals surface area (Å²) in [6.07, 6.45) is 1.08. The van der Waals surface area contributed by atoms with Crippen LogP contribution in [0.4, 0.5) is 14.6 Å². The molecule has 0 saturated carbocycles. The van der Waals surface area contributed by atoms with Crippen LogP contribution in [-0.2, 0) is 13.0 Å². The lowest BCUT2D eigenvalue weighted by molar-refractivity contribution is 0.340. The molecule has 24 heavy (non-hydrogen) atoms. The van der Waals surface area contributed by atoms with Crippen molar-refractivity contribution in [3.63, 3.8) is 0 Å². The fourth-order valence-corrected chi connectivity index (χ4v) is 2.77. The normalized spacial score (nSPS) is 12.7. The highest BCUT2D eigenvalue weighted by molar-refractivity contribution is 6.28. The van der Waals surface area contributed by atoms with E-state index in [0.29, 0.717) is 23.6 Å². The molecule has 0 saturated heterocycles. The number of alkyl halides is 1. The molecule has 8 heteroatoms. The lowest BCUT2D eigenvalue weighted by atomic mass is 10.1. The lowest BCUT2D eigenvalue weighted by Gasteiger charge is -2.07. The van der Waals surface area contributed by atoms with Gasteiger partial charge in [-0.2, -0.15) is 4.98 Å². The van der Waals surface area contributed by atoms with Gasteiger partial charge in [-0.05, 0) is 50.4 Å². The Morgan fingerprint density at radius 2 is 2.25 bits per heavy atom. The van der Waals surface area contributed by atoms with Gasteiger partial charge in [-0.25, -0.2) is 13.3 Å². The number of rotatable bonds is 6. The largest absolute Gasteiger partial charge is 0.467 e. The Balaban J connectivity index is 2.00. The van der Waals surface area contributed by atoms with E-state index >= 15 is 0 Å². The second-order valence-electron chi connectivity index (χ2n) is 5.62. The van der Waals surface area contributed by atoms with Crippen molar-refractivity contribution in [2.45, 2.75) is 39.4 Å². The molecule has 3 aromatic rings. The molecule has 0 aliphatic heterocycles. The molecule has 0 radical (unpaired) electrons. The molecule has 3 aromatic heterocycles. The van der Waals surface area contributed by atoms with E-state index in [0.717, 1.165) is 0 Å². The van der Waals surface area contributed by atoms with Crippen molar-refractivity contribution in [2.24, 2.45) is 0 Å².